The van der Waals surface area contributed by atoms with E-state index in [1.165, 1.54) is 13.8 Å². The van der Waals surface area contributed by atoms with Crippen molar-refractivity contribution in [2.24, 2.45) is 5.41 Å². The molecule has 0 aromatic rings. The van der Waals surface area contributed by atoms with Gasteiger partial charge in [0.1, 0.15) is 5.41 Å². The van der Waals surface area contributed by atoms with Crippen molar-refractivity contribution in [1.82, 2.24) is 10.2 Å². The summed E-state index contributed by atoms with van der Waals surface area (Å²) in [5.41, 5.74) is -1.17. The third-order valence-electron chi connectivity index (χ3n) is 4.30. The molecule has 20 heavy (non-hydrogen) atoms. The molecule has 0 atom stereocenters. The van der Waals surface area contributed by atoms with Crippen LogP contribution >= 0.6 is 0 Å². The lowest BCUT2D eigenvalue weighted by Gasteiger charge is -2.45. The summed E-state index contributed by atoms with van der Waals surface area (Å²) in [6, 6.07) is -0.839. The van der Waals surface area contributed by atoms with Crippen molar-refractivity contribution in [3.8, 4) is 0 Å². The van der Waals surface area contributed by atoms with Gasteiger partial charge in [-0.25, -0.2) is 13.2 Å². The molecule has 0 aromatic heterocycles. The fraction of sp³-hybridized carbons (Fsp3) is 0.750. The molecule has 8 heteroatoms. The van der Waals surface area contributed by atoms with Crippen LogP contribution < -0.4 is 5.32 Å². The summed E-state index contributed by atoms with van der Waals surface area (Å²) in [6.07, 6.45) is 2.61. The molecule has 1 heterocycles. The molecule has 0 bridgehead atoms. The largest absolute Gasteiger partial charge is 0.330 e. The van der Waals surface area contributed by atoms with E-state index in [9.17, 15) is 22.8 Å². The third kappa shape index (κ3) is 2.02. The van der Waals surface area contributed by atoms with Gasteiger partial charge in [0.25, 0.3) is 0 Å². The van der Waals surface area contributed by atoms with Gasteiger partial charge in [-0.3, -0.25) is 19.8 Å². The molecule has 1 saturated carbocycles. The SMILES string of the molecule is CC(C)(CN1C(=O)NC(=O)C2(CCC2)C1=O)S(C)(=O)=O. The second-order valence-electron chi connectivity index (χ2n) is 6.12. The Labute approximate surface area is 117 Å². The lowest BCUT2D eigenvalue weighted by atomic mass is 9.66. The predicted molar refractivity (Wildman–Crippen MR) is 70.5 cm³/mol. The molecule has 1 N–H and O–H groups in total. The van der Waals surface area contributed by atoms with Gasteiger partial charge in [0.2, 0.25) is 11.8 Å². The molecule has 2 rings (SSSR count). The van der Waals surface area contributed by atoms with E-state index in [4.69, 9.17) is 0 Å². The van der Waals surface area contributed by atoms with Gasteiger partial charge in [-0.2, -0.15) is 0 Å². The Bertz CT molecular complexity index is 589. The molecule has 0 aromatic carbocycles. The van der Waals surface area contributed by atoms with Crippen LogP contribution in [0.5, 0.6) is 0 Å². The summed E-state index contributed by atoms with van der Waals surface area (Å²) in [7, 11) is -3.45. The topological polar surface area (TPSA) is 101 Å². The van der Waals surface area contributed by atoms with Gasteiger partial charge in [-0.15, -0.1) is 0 Å². The fourth-order valence-electron chi connectivity index (χ4n) is 2.34. The van der Waals surface area contributed by atoms with E-state index in [0.717, 1.165) is 17.6 Å². The first kappa shape index (κ1) is 15.0. The van der Waals surface area contributed by atoms with E-state index in [1.807, 2.05) is 0 Å². The van der Waals surface area contributed by atoms with Crippen LogP contribution in [0.4, 0.5) is 4.79 Å². The second-order valence-corrected chi connectivity index (χ2v) is 8.77. The summed E-state index contributed by atoms with van der Waals surface area (Å²) in [5, 5.41) is 2.16. The number of amides is 4. The molecule has 1 aliphatic heterocycles. The quantitative estimate of drug-likeness (QED) is 0.743. The molecular formula is C12H18N2O5S. The van der Waals surface area contributed by atoms with Crippen LogP contribution in [0.25, 0.3) is 0 Å². The third-order valence-corrected chi connectivity index (χ3v) is 6.44. The zero-order valence-corrected chi connectivity index (χ0v) is 12.5. The Morgan fingerprint density at radius 2 is 1.80 bits per heavy atom. The molecule has 1 aliphatic carbocycles. The first-order valence-corrected chi connectivity index (χ1v) is 8.27. The molecule has 0 radical (unpaired) electrons. The first-order chi connectivity index (χ1) is 9.01. The second kappa shape index (κ2) is 4.28. The minimum atomic E-state index is -3.45. The Kier molecular flexibility index (Phi) is 3.20. The summed E-state index contributed by atoms with van der Waals surface area (Å²) >= 11 is 0. The number of imide groups is 2. The molecular weight excluding hydrogens is 284 g/mol. The zero-order chi connectivity index (χ0) is 15.3. The molecule has 1 spiro atoms. The lowest BCUT2D eigenvalue weighted by molar-refractivity contribution is -0.157. The number of hydrogen-bond donors (Lipinski definition) is 1. The summed E-state index contributed by atoms with van der Waals surface area (Å²) in [6.45, 7) is 2.64. The van der Waals surface area contributed by atoms with Crippen molar-refractivity contribution in [1.29, 1.82) is 0 Å². The highest BCUT2D eigenvalue weighted by atomic mass is 32.2. The minimum Gasteiger partial charge on any atom is -0.277 e. The first-order valence-electron chi connectivity index (χ1n) is 6.38. The Morgan fingerprint density at radius 1 is 1.25 bits per heavy atom. The van der Waals surface area contributed by atoms with Crippen LogP contribution in [0.1, 0.15) is 33.1 Å². The number of carbonyl (C=O) groups is 3. The monoisotopic (exact) mass is 302 g/mol. The maximum absolute atomic E-state index is 12.4. The molecule has 2 aliphatic rings. The van der Waals surface area contributed by atoms with Crippen LogP contribution in [0, 0.1) is 5.41 Å². The van der Waals surface area contributed by atoms with Gasteiger partial charge in [0.15, 0.2) is 9.84 Å². The summed E-state index contributed by atoms with van der Waals surface area (Å²) < 4.78 is 22.2. The number of barbiturate groups is 1. The molecule has 7 nitrogen and oxygen atoms in total. The maximum atomic E-state index is 12.4. The highest BCUT2D eigenvalue weighted by Gasteiger charge is 2.58. The Balaban J connectivity index is 2.30. The average molecular weight is 302 g/mol. The van der Waals surface area contributed by atoms with Crippen LogP contribution in [-0.2, 0) is 19.4 Å². The van der Waals surface area contributed by atoms with Crippen molar-refractivity contribution in [3.05, 3.63) is 0 Å². The molecule has 0 unspecified atom stereocenters. The number of nitrogens with zero attached hydrogens (tertiary/aromatic N) is 1. The van der Waals surface area contributed by atoms with Gasteiger partial charge < -0.3 is 0 Å². The fourth-order valence-corrected chi connectivity index (χ4v) is 2.71. The Morgan fingerprint density at radius 3 is 2.20 bits per heavy atom. The number of hydrogen-bond acceptors (Lipinski definition) is 5. The van der Waals surface area contributed by atoms with Crippen molar-refractivity contribution in [2.75, 3.05) is 12.8 Å². The van der Waals surface area contributed by atoms with Crippen LogP contribution in [0.3, 0.4) is 0 Å². The van der Waals surface area contributed by atoms with Gasteiger partial charge in [-0.05, 0) is 26.7 Å². The molecule has 1 saturated heterocycles. The molecule has 112 valence electrons. The molecule has 2 fully saturated rings. The predicted octanol–water partition coefficient (Wildman–Crippen LogP) is 0.0583. The average Bonchev–Trinajstić information content (AvgIpc) is 2.20. The van der Waals surface area contributed by atoms with E-state index >= 15 is 0 Å². The van der Waals surface area contributed by atoms with Gasteiger partial charge >= 0.3 is 6.03 Å². The van der Waals surface area contributed by atoms with Crippen LogP contribution in [-0.4, -0.2) is 48.7 Å². The van der Waals surface area contributed by atoms with E-state index in [2.05, 4.69) is 5.32 Å². The highest BCUT2D eigenvalue weighted by Crippen LogP contribution is 2.44. The lowest BCUT2D eigenvalue weighted by Crippen LogP contribution is -2.67. The highest BCUT2D eigenvalue weighted by molar-refractivity contribution is 7.92. The van der Waals surface area contributed by atoms with Gasteiger partial charge in [0.05, 0.1) is 4.75 Å². The number of rotatable bonds is 3. The molecule has 4 amide bonds. The van der Waals surface area contributed by atoms with Gasteiger partial charge in [0, 0.05) is 12.8 Å². The van der Waals surface area contributed by atoms with Crippen molar-refractivity contribution >= 4 is 27.7 Å². The number of nitrogens with one attached hydrogen (secondary N) is 1. The summed E-state index contributed by atoms with van der Waals surface area (Å²) in [4.78, 5) is 36.9. The van der Waals surface area contributed by atoms with Crippen molar-refractivity contribution < 1.29 is 22.8 Å². The van der Waals surface area contributed by atoms with E-state index < -0.39 is 37.8 Å². The van der Waals surface area contributed by atoms with E-state index in [1.54, 1.807) is 0 Å². The van der Waals surface area contributed by atoms with E-state index in [0.29, 0.717) is 12.8 Å². The number of carbonyl (C=O) groups excluding carboxylic acids is 3. The van der Waals surface area contributed by atoms with Crippen LogP contribution in [0.2, 0.25) is 0 Å². The normalized spacial score (nSPS) is 22.8. The minimum absolute atomic E-state index is 0.258. The Hall–Kier alpha value is -1.44. The standard InChI is InChI=1S/C12H18N2O5S/c1-11(2,20(3,18)19)7-14-9(16)12(5-4-6-12)8(15)13-10(14)17/h4-7H2,1-3H3,(H,13,15,17). The number of sulfone groups is 1. The van der Waals surface area contributed by atoms with E-state index in [-0.39, 0.29) is 6.54 Å². The van der Waals surface area contributed by atoms with Crippen molar-refractivity contribution in [2.45, 2.75) is 37.9 Å². The smallest absolute Gasteiger partial charge is 0.277 e. The maximum Gasteiger partial charge on any atom is 0.330 e. The summed E-state index contributed by atoms with van der Waals surface area (Å²) in [5.74, 6) is -1.14. The van der Waals surface area contributed by atoms with Crippen molar-refractivity contribution in [3.63, 3.8) is 0 Å². The van der Waals surface area contributed by atoms with Crippen LogP contribution in [0.15, 0.2) is 0 Å². The van der Waals surface area contributed by atoms with Gasteiger partial charge in [-0.1, -0.05) is 6.42 Å². The number of urea groups is 1. The zero-order valence-electron chi connectivity index (χ0n) is 11.7.